The molecule has 3 rings (SSSR count). The van der Waals surface area contributed by atoms with Crippen molar-refractivity contribution in [1.29, 1.82) is 0 Å². The molecule has 0 bridgehead atoms. The molecule has 218 valence electrons. The molecule has 0 atom stereocenters. The van der Waals surface area contributed by atoms with Crippen LogP contribution in [0.2, 0.25) is 0 Å². The van der Waals surface area contributed by atoms with Crippen LogP contribution in [0, 0.1) is 13.8 Å². The van der Waals surface area contributed by atoms with Crippen molar-refractivity contribution in [2.75, 3.05) is 13.2 Å². The van der Waals surface area contributed by atoms with E-state index in [0.717, 1.165) is 25.7 Å². The van der Waals surface area contributed by atoms with E-state index in [2.05, 4.69) is 64.1 Å². The van der Waals surface area contributed by atoms with Crippen LogP contribution >= 0.6 is 0 Å². The fourth-order valence-electron chi connectivity index (χ4n) is 4.57. The molecule has 0 saturated carbocycles. The lowest BCUT2D eigenvalue weighted by molar-refractivity contribution is 0.0450. The van der Waals surface area contributed by atoms with Crippen LogP contribution in [-0.4, -0.2) is 25.2 Å². The van der Waals surface area contributed by atoms with Crippen molar-refractivity contribution in [2.45, 2.75) is 105 Å². The van der Waals surface area contributed by atoms with Crippen molar-refractivity contribution < 1.29 is 19.1 Å². The Bertz CT molecular complexity index is 1060. The maximum absolute atomic E-state index is 12.4. The Kier molecular flexibility index (Phi) is 16.4. The molecule has 0 aliphatic rings. The number of rotatable bonds is 16. The van der Waals surface area contributed by atoms with E-state index in [4.69, 9.17) is 9.47 Å². The highest BCUT2D eigenvalue weighted by molar-refractivity contribution is 6.03. The van der Waals surface area contributed by atoms with Gasteiger partial charge in [0.25, 0.3) is 0 Å². The molecular formula is C36H50O4. The van der Waals surface area contributed by atoms with Crippen molar-refractivity contribution in [3.05, 3.63) is 82.9 Å². The summed E-state index contributed by atoms with van der Waals surface area (Å²) in [6.45, 7) is 9.42. The molecule has 3 aromatic carbocycles. The number of fused-ring (bicyclic) bond motifs is 1. The Labute approximate surface area is 242 Å². The van der Waals surface area contributed by atoms with Gasteiger partial charge >= 0.3 is 11.9 Å². The highest BCUT2D eigenvalue weighted by Crippen LogP contribution is 2.17. The molecule has 0 spiro atoms. The number of benzene rings is 3. The summed E-state index contributed by atoms with van der Waals surface area (Å²) in [5.74, 6) is -0.888. The van der Waals surface area contributed by atoms with E-state index in [-0.39, 0.29) is 0 Å². The van der Waals surface area contributed by atoms with E-state index in [1.807, 2.05) is 0 Å². The fourth-order valence-corrected chi connectivity index (χ4v) is 4.57. The van der Waals surface area contributed by atoms with Gasteiger partial charge < -0.3 is 9.47 Å². The van der Waals surface area contributed by atoms with Crippen LogP contribution < -0.4 is 0 Å². The predicted octanol–water partition coefficient (Wildman–Crippen LogP) is 10.2. The van der Waals surface area contributed by atoms with Gasteiger partial charge in [0.05, 0.1) is 24.3 Å². The number of hydrogen-bond acceptors (Lipinski definition) is 4. The summed E-state index contributed by atoms with van der Waals surface area (Å²) in [7, 11) is 0. The second-order valence-corrected chi connectivity index (χ2v) is 10.7. The highest BCUT2D eigenvalue weighted by Gasteiger charge is 2.18. The van der Waals surface area contributed by atoms with Gasteiger partial charge in [-0.15, -0.1) is 0 Å². The van der Waals surface area contributed by atoms with Gasteiger partial charge in [-0.25, -0.2) is 9.59 Å². The summed E-state index contributed by atoms with van der Waals surface area (Å²) in [6, 6.07) is 19.8. The molecule has 0 aliphatic carbocycles. The Morgan fingerprint density at radius 2 is 0.900 bits per heavy atom. The fraction of sp³-hybridized carbons (Fsp3) is 0.500. The number of ether oxygens (including phenoxy) is 2. The number of carbonyl (C=O) groups is 2. The van der Waals surface area contributed by atoms with Gasteiger partial charge in [0, 0.05) is 0 Å². The van der Waals surface area contributed by atoms with Crippen LogP contribution in [0.1, 0.15) is 123 Å². The molecule has 0 amide bonds. The average molecular weight is 547 g/mol. The van der Waals surface area contributed by atoms with E-state index < -0.39 is 11.9 Å². The number of unbranched alkanes of at least 4 members (excludes halogenated alkanes) is 10. The first-order chi connectivity index (χ1) is 19.5. The summed E-state index contributed by atoms with van der Waals surface area (Å²) in [4.78, 5) is 24.7. The lowest BCUT2D eigenvalue weighted by Crippen LogP contribution is -2.15. The van der Waals surface area contributed by atoms with Gasteiger partial charge in [0.2, 0.25) is 0 Å². The lowest BCUT2D eigenvalue weighted by atomic mass is 10.1. The Hall–Kier alpha value is -3.14. The van der Waals surface area contributed by atoms with Crippen LogP contribution in [-0.2, 0) is 9.47 Å². The molecule has 4 heteroatoms. The molecule has 3 aromatic rings. The van der Waals surface area contributed by atoms with Crippen molar-refractivity contribution >= 4 is 22.7 Å². The second-order valence-electron chi connectivity index (χ2n) is 10.7. The Balaban J connectivity index is 0.000000382. The lowest BCUT2D eigenvalue weighted by Gasteiger charge is -2.10. The van der Waals surface area contributed by atoms with Gasteiger partial charge in [-0.2, -0.15) is 0 Å². The maximum Gasteiger partial charge on any atom is 0.339 e. The largest absolute Gasteiger partial charge is 0.462 e. The average Bonchev–Trinajstić information content (AvgIpc) is 2.96. The maximum atomic E-state index is 12.4. The van der Waals surface area contributed by atoms with E-state index in [1.165, 1.54) is 73.3 Å². The summed E-state index contributed by atoms with van der Waals surface area (Å²) in [6.07, 6.45) is 13.6. The van der Waals surface area contributed by atoms with E-state index >= 15 is 0 Å². The highest BCUT2D eigenvalue weighted by atomic mass is 16.5. The zero-order valence-corrected chi connectivity index (χ0v) is 25.3. The zero-order chi connectivity index (χ0) is 29.0. The molecule has 0 aromatic heterocycles. The number of aryl methyl sites for hydroxylation is 2. The quantitative estimate of drug-likeness (QED) is 0.132. The van der Waals surface area contributed by atoms with Crippen LogP contribution in [0.25, 0.3) is 10.8 Å². The molecule has 0 fully saturated rings. The van der Waals surface area contributed by atoms with Gasteiger partial charge in [-0.1, -0.05) is 138 Å². The minimum absolute atomic E-state index is 0.293. The van der Waals surface area contributed by atoms with E-state index in [0.29, 0.717) is 24.3 Å². The molecule has 4 nitrogen and oxygen atoms in total. The van der Waals surface area contributed by atoms with Crippen molar-refractivity contribution in [1.82, 2.24) is 0 Å². The SMILES string of the molecule is CCCCCCCCOC(=O)c1ccccc1C(=O)OCCCCCCCC.Cc1ccc2cc(C)ccc2c1. The third kappa shape index (κ3) is 12.8. The van der Waals surface area contributed by atoms with Crippen LogP contribution in [0.4, 0.5) is 0 Å². The predicted molar refractivity (Wildman–Crippen MR) is 167 cm³/mol. The van der Waals surface area contributed by atoms with Gasteiger partial charge in [-0.05, 0) is 49.6 Å². The summed E-state index contributed by atoms with van der Waals surface area (Å²) in [5.41, 5.74) is 3.24. The monoisotopic (exact) mass is 546 g/mol. The number of esters is 2. The molecule has 40 heavy (non-hydrogen) atoms. The first-order valence-electron chi connectivity index (χ1n) is 15.4. The van der Waals surface area contributed by atoms with Crippen LogP contribution in [0.3, 0.4) is 0 Å². The van der Waals surface area contributed by atoms with Gasteiger partial charge in [-0.3, -0.25) is 0 Å². The van der Waals surface area contributed by atoms with E-state index in [9.17, 15) is 9.59 Å². The third-order valence-corrected chi connectivity index (χ3v) is 6.98. The zero-order valence-electron chi connectivity index (χ0n) is 25.3. The molecule has 0 radical (unpaired) electrons. The normalized spacial score (nSPS) is 10.6. The molecular weight excluding hydrogens is 496 g/mol. The summed E-state index contributed by atoms with van der Waals surface area (Å²) < 4.78 is 10.7. The van der Waals surface area contributed by atoms with Crippen LogP contribution in [0.15, 0.2) is 60.7 Å². The van der Waals surface area contributed by atoms with Crippen molar-refractivity contribution in [3.63, 3.8) is 0 Å². The molecule has 0 heterocycles. The Morgan fingerprint density at radius 3 is 1.30 bits per heavy atom. The second kappa shape index (κ2) is 19.8. The molecule has 0 saturated heterocycles. The Morgan fingerprint density at radius 1 is 0.525 bits per heavy atom. The minimum atomic E-state index is -0.444. The van der Waals surface area contributed by atoms with E-state index in [1.54, 1.807) is 24.3 Å². The van der Waals surface area contributed by atoms with Crippen molar-refractivity contribution in [2.24, 2.45) is 0 Å². The number of hydrogen-bond donors (Lipinski definition) is 0. The first-order valence-corrected chi connectivity index (χ1v) is 15.4. The van der Waals surface area contributed by atoms with Gasteiger partial charge in [0.15, 0.2) is 0 Å². The third-order valence-electron chi connectivity index (χ3n) is 6.98. The first kappa shape index (κ1) is 33.1. The van der Waals surface area contributed by atoms with Crippen LogP contribution in [0.5, 0.6) is 0 Å². The standard InChI is InChI=1S/C24H38O4.C12H12/c1-3-5-7-9-11-15-19-27-23(25)21-17-13-14-18-22(21)24(26)28-20-16-12-10-8-6-4-2;1-9-3-5-12-8-10(2)4-6-11(12)7-9/h13-14,17-18H,3-12,15-16,19-20H2,1-2H3;3-8H,1-2H3. The molecule has 0 N–H and O–H groups in total. The molecule has 0 unspecified atom stereocenters. The van der Waals surface area contributed by atoms with Crippen molar-refractivity contribution in [3.8, 4) is 0 Å². The molecule has 0 aliphatic heterocycles. The topological polar surface area (TPSA) is 52.6 Å². The van der Waals surface area contributed by atoms with Gasteiger partial charge in [0.1, 0.15) is 0 Å². The summed E-state index contributed by atoms with van der Waals surface area (Å²) in [5, 5.41) is 2.67. The smallest absolute Gasteiger partial charge is 0.339 e. The minimum Gasteiger partial charge on any atom is -0.462 e. The summed E-state index contributed by atoms with van der Waals surface area (Å²) >= 11 is 0. The number of carbonyl (C=O) groups excluding carboxylic acids is 2.